The number of carbonyl (C=O) groups is 1. The van der Waals surface area contributed by atoms with Crippen LogP contribution in [0.2, 0.25) is 0 Å². The van der Waals surface area contributed by atoms with Crippen molar-refractivity contribution in [2.24, 2.45) is 0 Å². The molecule has 1 saturated heterocycles. The number of carbonyl (C=O) groups excluding carboxylic acids is 1. The van der Waals surface area contributed by atoms with Crippen molar-refractivity contribution in [2.45, 2.75) is 53.0 Å². The summed E-state index contributed by atoms with van der Waals surface area (Å²) in [5, 5.41) is 4.05. The Morgan fingerprint density at radius 2 is 1.81 bits per heavy atom. The monoisotopic (exact) mass is 369 g/mol. The Labute approximate surface area is 162 Å². The van der Waals surface area contributed by atoms with Gasteiger partial charge in [-0.3, -0.25) is 9.69 Å². The van der Waals surface area contributed by atoms with Gasteiger partial charge >= 0.3 is 0 Å². The van der Waals surface area contributed by atoms with Crippen LogP contribution in [0.15, 0.2) is 28.8 Å². The Kier molecular flexibility index (Phi) is 6.67. The summed E-state index contributed by atoms with van der Waals surface area (Å²) >= 11 is 0. The van der Waals surface area contributed by atoms with Crippen LogP contribution < -0.4 is 0 Å². The molecule has 0 unspecified atom stereocenters. The number of aryl methyl sites for hydroxylation is 4. The fourth-order valence-corrected chi connectivity index (χ4v) is 3.68. The van der Waals surface area contributed by atoms with Gasteiger partial charge < -0.3 is 9.42 Å². The van der Waals surface area contributed by atoms with Gasteiger partial charge in [-0.1, -0.05) is 36.3 Å². The first-order valence-corrected chi connectivity index (χ1v) is 10.1. The Morgan fingerprint density at radius 3 is 2.48 bits per heavy atom. The molecule has 5 nitrogen and oxygen atoms in total. The SMILES string of the molecule is CCc1ccc(CCC(=O)N2CCCN(Cc3c(C)noc3C)CC2)cc1. The molecule has 3 rings (SSSR count). The normalized spacial score (nSPS) is 15.7. The van der Waals surface area contributed by atoms with Crippen LogP contribution in [0.3, 0.4) is 0 Å². The van der Waals surface area contributed by atoms with E-state index in [1.165, 1.54) is 16.7 Å². The zero-order valence-corrected chi connectivity index (χ0v) is 16.8. The quantitative estimate of drug-likeness (QED) is 0.782. The van der Waals surface area contributed by atoms with Gasteiger partial charge in [0.1, 0.15) is 5.76 Å². The van der Waals surface area contributed by atoms with E-state index in [1.807, 2.05) is 18.7 Å². The topological polar surface area (TPSA) is 49.6 Å². The van der Waals surface area contributed by atoms with E-state index in [2.05, 4.69) is 41.2 Å². The molecular formula is C22H31N3O2. The number of amides is 1. The summed E-state index contributed by atoms with van der Waals surface area (Å²) in [6.07, 6.45) is 3.48. The van der Waals surface area contributed by atoms with Crippen LogP contribution >= 0.6 is 0 Å². The highest BCUT2D eigenvalue weighted by Gasteiger charge is 2.21. The van der Waals surface area contributed by atoms with Crippen LogP contribution in [0, 0.1) is 13.8 Å². The highest BCUT2D eigenvalue weighted by atomic mass is 16.5. The molecule has 27 heavy (non-hydrogen) atoms. The van der Waals surface area contributed by atoms with Gasteiger partial charge in [0.2, 0.25) is 5.91 Å². The molecular weight excluding hydrogens is 338 g/mol. The molecule has 0 saturated carbocycles. The van der Waals surface area contributed by atoms with Crippen molar-refractivity contribution in [2.75, 3.05) is 26.2 Å². The van der Waals surface area contributed by atoms with Gasteiger partial charge in [-0.2, -0.15) is 0 Å². The molecule has 0 spiro atoms. The summed E-state index contributed by atoms with van der Waals surface area (Å²) in [6.45, 7) is 10.5. The lowest BCUT2D eigenvalue weighted by Crippen LogP contribution is -2.35. The van der Waals surface area contributed by atoms with Crippen molar-refractivity contribution in [1.82, 2.24) is 15.0 Å². The summed E-state index contributed by atoms with van der Waals surface area (Å²) in [4.78, 5) is 17.1. The van der Waals surface area contributed by atoms with Crippen LogP contribution in [0.25, 0.3) is 0 Å². The Bertz CT molecular complexity index is 732. The average Bonchev–Trinajstić information content (AvgIpc) is 2.88. The highest BCUT2D eigenvalue weighted by molar-refractivity contribution is 5.76. The van der Waals surface area contributed by atoms with Crippen molar-refractivity contribution < 1.29 is 9.32 Å². The lowest BCUT2D eigenvalue weighted by molar-refractivity contribution is -0.131. The second-order valence-electron chi connectivity index (χ2n) is 7.48. The Morgan fingerprint density at radius 1 is 1.07 bits per heavy atom. The van der Waals surface area contributed by atoms with Gasteiger partial charge in [0.25, 0.3) is 0 Å². The first-order valence-electron chi connectivity index (χ1n) is 10.1. The van der Waals surface area contributed by atoms with Crippen molar-refractivity contribution in [1.29, 1.82) is 0 Å². The number of hydrogen-bond acceptors (Lipinski definition) is 4. The highest BCUT2D eigenvalue weighted by Crippen LogP contribution is 2.17. The minimum Gasteiger partial charge on any atom is -0.361 e. The molecule has 0 aliphatic carbocycles. The van der Waals surface area contributed by atoms with Crippen LogP contribution in [-0.2, 0) is 24.2 Å². The van der Waals surface area contributed by atoms with Gasteiger partial charge in [-0.15, -0.1) is 0 Å². The molecule has 0 N–H and O–H groups in total. The predicted molar refractivity (Wildman–Crippen MR) is 107 cm³/mol. The van der Waals surface area contributed by atoms with E-state index in [0.29, 0.717) is 6.42 Å². The molecule has 1 aliphatic heterocycles. The third-order valence-corrected chi connectivity index (χ3v) is 5.56. The minimum absolute atomic E-state index is 0.272. The van der Waals surface area contributed by atoms with Gasteiger partial charge in [0, 0.05) is 44.7 Å². The van der Waals surface area contributed by atoms with E-state index in [0.717, 1.165) is 63.4 Å². The molecule has 146 valence electrons. The summed E-state index contributed by atoms with van der Waals surface area (Å²) in [5.74, 6) is 1.17. The fourth-order valence-electron chi connectivity index (χ4n) is 3.68. The molecule has 5 heteroatoms. The molecule has 0 radical (unpaired) electrons. The van der Waals surface area contributed by atoms with Gasteiger partial charge in [-0.25, -0.2) is 0 Å². The molecule has 0 atom stereocenters. The smallest absolute Gasteiger partial charge is 0.222 e. The van der Waals surface area contributed by atoms with E-state index in [9.17, 15) is 4.79 Å². The van der Waals surface area contributed by atoms with Crippen molar-refractivity contribution in [3.8, 4) is 0 Å². The maximum absolute atomic E-state index is 12.7. The second-order valence-corrected chi connectivity index (χ2v) is 7.48. The maximum atomic E-state index is 12.7. The molecule has 1 aliphatic rings. The predicted octanol–water partition coefficient (Wildman–Crippen LogP) is 3.52. The van der Waals surface area contributed by atoms with Crippen molar-refractivity contribution in [3.05, 3.63) is 52.4 Å². The summed E-state index contributed by atoms with van der Waals surface area (Å²) in [7, 11) is 0. The average molecular weight is 370 g/mol. The molecule has 1 fully saturated rings. The van der Waals surface area contributed by atoms with E-state index in [4.69, 9.17) is 4.52 Å². The minimum atomic E-state index is 0.272. The van der Waals surface area contributed by atoms with Gasteiger partial charge in [0.15, 0.2) is 0 Å². The van der Waals surface area contributed by atoms with Gasteiger partial charge in [-0.05, 0) is 44.2 Å². The molecule has 2 heterocycles. The standard InChI is InChI=1S/C22H31N3O2/c1-4-19-6-8-20(9-7-19)10-11-22(26)25-13-5-12-24(14-15-25)16-21-17(2)23-27-18(21)3/h6-9H,4-5,10-16H2,1-3H3. The Balaban J connectivity index is 1.48. The lowest BCUT2D eigenvalue weighted by atomic mass is 10.1. The zero-order chi connectivity index (χ0) is 19.2. The van der Waals surface area contributed by atoms with E-state index < -0.39 is 0 Å². The number of aromatic nitrogens is 1. The largest absolute Gasteiger partial charge is 0.361 e. The molecule has 1 amide bonds. The number of hydrogen-bond donors (Lipinski definition) is 0. The first kappa shape index (κ1) is 19.6. The van der Waals surface area contributed by atoms with Crippen LogP contribution in [-0.4, -0.2) is 47.0 Å². The van der Waals surface area contributed by atoms with E-state index in [1.54, 1.807) is 0 Å². The van der Waals surface area contributed by atoms with Crippen LogP contribution in [0.1, 0.15) is 47.9 Å². The van der Waals surface area contributed by atoms with E-state index >= 15 is 0 Å². The molecule has 2 aromatic rings. The third kappa shape index (κ3) is 5.19. The number of rotatable bonds is 6. The van der Waals surface area contributed by atoms with Gasteiger partial charge in [0.05, 0.1) is 5.69 Å². The molecule has 1 aromatic carbocycles. The maximum Gasteiger partial charge on any atom is 0.222 e. The van der Waals surface area contributed by atoms with E-state index in [-0.39, 0.29) is 5.91 Å². The summed E-state index contributed by atoms with van der Waals surface area (Å²) in [6, 6.07) is 8.64. The zero-order valence-electron chi connectivity index (χ0n) is 16.8. The molecule has 1 aromatic heterocycles. The first-order chi connectivity index (χ1) is 13.1. The lowest BCUT2D eigenvalue weighted by Gasteiger charge is -2.22. The number of benzene rings is 1. The van der Waals surface area contributed by atoms with Crippen molar-refractivity contribution in [3.63, 3.8) is 0 Å². The molecule has 0 bridgehead atoms. The third-order valence-electron chi connectivity index (χ3n) is 5.56. The summed E-state index contributed by atoms with van der Waals surface area (Å²) < 4.78 is 5.27. The fraction of sp³-hybridized carbons (Fsp3) is 0.545. The van der Waals surface area contributed by atoms with Crippen LogP contribution in [0.4, 0.5) is 0 Å². The number of nitrogens with zero attached hydrogens (tertiary/aromatic N) is 3. The van der Waals surface area contributed by atoms with Crippen LogP contribution in [0.5, 0.6) is 0 Å². The second kappa shape index (κ2) is 9.18. The Hall–Kier alpha value is -2.14. The summed E-state index contributed by atoms with van der Waals surface area (Å²) in [5.41, 5.74) is 4.75. The van der Waals surface area contributed by atoms with Crippen molar-refractivity contribution >= 4 is 5.91 Å².